The van der Waals surface area contributed by atoms with Gasteiger partial charge < -0.3 is 0 Å². The zero-order chi connectivity index (χ0) is 13.6. The standard InChI is InChI=1S/C13H14N2O3Se/c1-13(2)12-9(14-15-19-12)7-5-6-8(16-3)11(17-4)10(7)18-13/h5-6H,1-4H3. The van der Waals surface area contributed by atoms with Crippen molar-refractivity contribution in [3.63, 3.8) is 0 Å². The third-order valence-electron chi connectivity index (χ3n) is 3.15. The molecule has 0 N–H and O–H groups in total. The van der Waals surface area contributed by atoms with E-state index in [4.69, 9.17) is 14.2 Å². The minimum absolute atomic E-state index is 0.0175. The molecule has 2 heterocycles. The maximum absolute atomic E-state index is 6.13. The second-order valence-electron chi connectivity index (χ2n) is 4.74. The van der Waals surface area contributed by atoms with Gasteiger partial charge in [-0.15, -0.1) is 0 Å². The van der Waals surface area contributed by atoms with Crippen molar-refractivity contribution in [3.05, 3.63) is 16.6 Å². The summed E-state index contributed by atoms with van der Waals surface area (Å²) in [5.74, 6) is 1.94. The first-order chi connectivity index (χ1) is 9.08. The maximum atomic E-state index is 6.13. The van der Waals surface area contributed by atoms with Crippen LogP contribution in [0.3, 0.4) is 0 Å². The third kappa shape index (κ3) is 1.75. The summed E-state index contributed by atoms with van der Waals surface area (Å²) in [6.45, 7) is 4.06. The molecule has 100 valence electrons. The van der Waals surface area contributed by atoms with Crippen LogP contribution in [0.25, 0.3) is 11.3 Å². The van der Waals surface area contributed by atoms with E-state index in [1.807, 2.05) is 26.0 Å². The van der Waals surface area contributed by atoms with Gasteiger partial charge in [-0.2, -0.15) is 0 Å². The number of ether oxygens (including phenoxy) is 3. The molecule has 0 unspecified atom stereocenters. The Hall–Kier alpha value is -1.52. The number of rotatable bonds is 2. The first-order valence-corrected chi connectivity index (χ1v) is 7.48. The van der Waals surface area contributed by atoms with Crippen LogP contribution in [0.15, 0.2) is 12.1 Å². The van der Waals surface area contributed by atoms with E-state index in [0.717, 1.165) is 11.3 Å². The van der Waals surface area contributed by atoms with Gasteiger partial charge in [-0.25, -0.2) is 0 Å². The minimum atomic E-state index is -0.411. The second-order valence-corrected chi connectivity index (χ2v) is 6.32. The van der Waals surface area contributed by atoms with Crippen LogP contribution < -0.4 is 14.2 Å². The average molecular weight is 325 g/mol. The molecule has 2 aromatic rings. The Morgan fingerprint density at radius 3 is 2.68 bits per heavy atom. The van der Waals surface area contributed by atoms with Gasteiger partial charge >= 0.3 is 117 Å². The number of benzene rings is 1. The van der Waals surface area contributed by atoms with E-state index in [1.54, 1.807) is 14.2 Å². The molecule has 0 saturated carbocycles. The van der Waals surface area contributed by atoms with Gasteiger partial charge in [-0.1, -0.05) is 0 Å². The fraction of sp³-hybridized carbons (Fsp3) is 0.385. The number of fused-ring (bicyclic) bond motifs is 3. The summed E-state index contributed by atoms with van der Waals surface area (Å²) in [7, 11) is 3.22. The van der Waals surface area contributed by atoms with Crippen LogP contribution in [0.2, 0.25) is 0 Å². The summed E-state index contributed by atoms with van der Waals surface area (Å²) >= 11 is 0.0175. The predicted molar refractivity (Wildman–Crippen MR) is 71.2 cm³/mol. The number of nitrogens with zero attached hydrogens (tertiary/aromatic N) is 2. The van der Waals surface area contributed by atoms with Crippen molar-refractivity contribution in [2.75, 3.05) is 14.2 Å². The molecule has 1 aromatic heterocycles. The molecule has 0 aliphatic carbocycles. The monoisotopic (exact) mass is 326 g/mol. The summed E-state index contributed by atoms with van der Waals surface area (Å²) < 4.78 is 22.2. The van der Waals surface area contributed by atoms with E-state index in [-0.39, 0.29) is 14.7 Å². The van der Waals surface area contributed by atoms with Crippen molar-refractivity contribution in [1.29, 1.82) is 0 Å². The van der Waals surface area contributed by atoms with Gasteiger partial charge in [0.15, 0.2) is 0 Å². The second kappa shape index (κ2) is 4.25. The molecule has 19 heavy (non-hydrogen) atoms. The van der Waals surface area contributed by atoms with Crippen molar-refractivity contribution in [1.82, 2.24) is 9.19 Å². The number of hydrogen-bond donors (Lipinski definition) is 0. The van der Waals surface area contributed by atoms with Gasteiger partial charge in [0.05, 0.1) is 0 Å². The van der Waals surface area contributed by atoms with E-state index in [1.165, 1.54) is 4.44 Å². The van der Waals surface area contributed by atoms with Crippen LogP contribution in [0.1, 0.15) is 18.3 Å². The first kappa shape index (κ1) is 12.5. The van der Waals surface area contributed by atoms with Crippen molar-refractivity contribution in [2.45, 2.75) is 19.4 Å². The number of hydrogen-bond acceptors (Lipinski definition) is 5. The molecule has 3 rings (SSSR count). The molecule has 6 heteroatoms. The molecule has 0 amide bonds. The van der Waals surface area contributed by atoms with Crippen LogP contribution in [-0.4, -0.2) is 38.1 Å². The summed E-state index contributed by atoms with van der Waals surface area (Å²) in [5.41, 5.74) is 1.44. The molecule has 5 nitrogen and oxygen atoms in total. The van der Waals surface area contributed by atoms with E-state index >= 15 is 0 Å². The molecule has 0 spiro atoms. The zero-order valence-electron chi connectivity index (χ0n) is 11.2. The molecule has 0 saturated heterocycles. The summed E-state index contributed by atoms with van der Waals surface area (Å²) in [6, 6.07) is 3.81. The van der Waals surface area contributed by atoms with E-state index < -0.39 is 5.60 Å². The van der Waals surface area contributed by atoms with Crippen LogP contribution in [0, 0.1) is 0 Å². The molecule has 1 aliphatic heterocycles. The Bertz CT molecular complexity index is 637. The van der Waals surface area contributed by atoms with Gasteiger partial charge in [0, 0.05) is 0 Å². The molecular formula is C13H14N2O3Se. The Morgan fingerprint density at radius 2 is 2.00 bits per heavy atom. The predicted octanol–water partition coefficient (Wildman–Crippen LogP) is 1.85. The van der Waals surface area contributed by atoms with Gasteiger partial charge in [0.2, 0.25) is 0 Å². The van der Waals surface area contributed by atoms with E-state index in [0.29, 0.717) is 17.2 Å². The van der Waals surface area contributed by atoms with Crippen LogP contribution in [0.4, 0.5) is 0 Å². The fourth-order valence-corrected chi connectivity index (χ4v) is 3.72. The van der Waals surface area contributed by atoms with E-state index in [9.17, 15) is 0 Å². The molecule has 0 radical (unpaired) electrons. The number of aromatic nitrogens is 2. The van der Waals surface area contributed by atoms with Gasteiger partial charge in [0.1, 0.15) is 0 Å². The SMILES string of the molecule is COc1ccc2c(c1OC)OC(C)(C)c1[se]nnc1-2. The molecule has 0 fully saturated rings. The van der Waals surface area contributed by atoms with Crippen molar-refractivity contribution in [2.24, 2.45) is 0 Å². The van der Waals surface area contributed by atoms with Gasteiger partial charge in [-0.05, 0) is 0 Å². The Balaban J connectivity index is 2.30. The summed E-state index contributed by atoms with van der Waals surface area (Å²) in [6.07, 6.45) is 0. The van der Waals surface area contributed by atoms with E-state index in [2.05, 4.69) is 9.19 Å². The Labute approximate surface area is 117 Å². The Kier molecular flexibility index (Phi) is 2.80. The summed E-state index contributed by atoms with van der Waals surface area (Å²) in [5, 5.41) is 4.28. The first-order valence-electron chi connectivity index (χ1n) is 5.85. The summed E-state index contributed by atoms with van der Waals surface area (Å²) in [4.78, 5) is 0. The normalized spacial score (nSPS) is 15.2. The average Bonchev–Trinajstić information content (AvgIpc) is 2.87. The topological polar surface area (TPSA) is 53.5 Å². The quantitative estimate of drug-likeness (QED) is 0.789. The molecule has 0 bridgehead atoms. The van der Waals surface area contributed by atoms with Crippen LogP contribution in [0.5, 0.6) is 17.2 Å². The van der Waals surface area contributed by atoms with Crippen molar-refractivity contribution in [3.8, 4) is 28.5 Å². The molecule has 1 aliphatic rings. The van der Waals surface area contributed by atoms with Crippen molar-refractivity contribution >= 4 is 14.7 Å². The van der Waals surface area contributed by atoms with Crippen molar-refractivity contribution < 1.29 is 14.2 Å². The third-order valence-corrected chi connectivity index (χ3v) is 5.31. The Morgan fingerprint density at radius 1 is 1.21 bits per heavy atom. The number of methoxy groups -OCH3 is 2. The fourth-order valence-electron chi connectivity index (χ4n) is 2.25. The van der Waals surface area contributed by atoms with Gasteiger partial charge in [0.25, 0.3) is 0 Å². The molecule has 1 aromatic carbocycles. The van der Waals surface area contributed by atoms with Crippen LogP contribution >= 0.6 is 0 Å². The molecule has 0 atom stereocenters. The van der Waals surface area contributed by atoms with Crippen LogP contribution in [-0.2, 0) is 5.60 Å². The van der Waals surface area contributed by atoms with Gasteiger partial charge in [-0.3, -0.25) is 0 Å². The zero-order valence-corrected chi connectivity index (χ0v) is 12.9. The molecular weight excluding hydrogens is 311 g/mol.